The monoisotopic (exact) mass is 219 g/mol. The SMILES string of the molecule is C=C(C)CNC(=O)c1cncnc1C(C)C. The molecule has 0 aliphatic heterocycles. The van der Waals surface area contributed by atoms with Crippen LogP contribution < -0.4 is 5.32 Å². The van der Waals surface area contributed by atoms with Gasteiger partial charge in [0.05, 0.1) is 11.3 Å². The minimum Gasteiger partial charge on any atom is -0.348 e. The molecule has 0 unspecified atom stereocenters. The van der Waals surface area contributed by atoms with E-state index in [1.807, 2.05) is 20.8 Å². The molecule has 4 heteroatoms. The number of carbonyl (C=O) groups excluding carboxylic acids is 1. The number of hydrogen-bond donors (Lipinski definition) is 1. The molecule has 1 N–H and O–H groups in total. The lowest BCUT2D eigenvalue weighted by Crippen LogP contribution is -2.26. The molecule has 0 spiro atoms. The molecule has 1 amide bonds. The molecule has 1 aromatic rings. The van der Waals surface area contributed by atoms with Gasteiger partial charge in [-0.25, -0.2) is 9.97 Å². The van der Waals surface area contributed by atoms with Crippen LogP contribution in [-0.4, -0.2) is 22.4 Å². The Morgan fingerprint density at radius 1 is 1.56 bits per heavy atom. The van der Waals surface area contributed by atoms with Gasteiger partial charge in [-0.05, 0) is 12.8 Å². The third-order valence-electron chi connectivity index (χ3n) is 2.09. The molecule has 1 rings (SSSR count). The van der Waals surface area contributed by atoms with Gasteiger partial charge in [-0.15, -0.1) is 0 Å². The Morgan fingerprint density at radius 3 is 2.81 bits per heavy atom. The molecule has 0 atom stereocenters. The number of rotatable bonds is 4. The molecule has 0 fully saturated rings. The van der Waals surface area contributed by atoms with Gasteiger partial charge < -0.3 is 5.32 Å². The molecule has 16 heavy (non-hydrogen) atoms. The zero-order chi connectivity index (χ0) is 12.1. The quantitative estimate of drug-likeness (QED) is 0.787. The van der Waals surface area contributed by atoms with Crippen molar-refractivity contribution in [2.75, 3.05) is 6.54 Å². The Balaban J connectivity index is 2.86. The summed E-state index contributed by atoms with van der Waals surface area (Å²) in [6.45, 7) is 10.1. The minimum absolute atomic E-state index is 0.146. The first kappa shape index (κ1) is 12.4. The highest BCUT2D eigenvalue weighted by Gasteiger charge is 2.14. The van der Waals surface area contributed by atoms with E-state index in [1.54, 1.807) is 6.20 Å². The molecule has 1 aromatic heterocycles. The van der Waals surface area contributed by atoms with Gasteiger partial charge in [-0.3, -0.25) is 4.79 Å². The van der Waals surface area contributed by atoms with Gasteiger partial charge in [0.25, 0.3) is 5.91 Å². The maximum Gasteiger partial charge on any atom is 0.254 e. The number of carbonyl (C=O) groups is 1. The Kier molecular flexibility index (Phi) is 4.17. The Morgan fingerprint density at radius 2 is 2.25 bits per heavy atom. The second kappa shape index (κ2) is 5.39. The van der Waals surface area contributed by atoms with E-state index in [9.17, 15) is 4.79 Å². The van der Waals surface area contributed by atoms with Crippen molar-refractivity contribution >= 4 is 5.91 Å². The van der Waals surface area contributed by atoms with Gasteiger partial charge in [0, 0.05) is 12.7 Å². The highest BCUT2D eigenvalue weighted by molar-refractivity contribution is 5.95. The van der Waals surface area contributed by atoms with Crippen LogP contribution in [0.1, 0.15) is 42.7 Å². The lowest BCUT2D eigenvalue weighted by Gasteiger charge is -2.10. The van der Waals surface area contributed by atoms with E-state index < -0.39 is 0 Å². The normalized spacial score (nSPS) is 10.2. The van der Waals surface area contributed by atoms with E-state index in [-0.39, 0.29) is 11.8 Å². The van der Waals surface area contributed by atoms with Crippen molar-refractivity contribution in [1.82, 2.24) is 15.3 Å². The predicted octanol–water partition coefficient (Wildman–Crippen LogP) is 1.91. The minimum atomic E-state index is -0.146. The largest absolute Gasteiger partial charge is 0.348 e. The lowest BCUT2D eigenvalue weighted by molar-refractivity contribution is 0.0955. The summed E-state index contributed by atoms with van der Waals surface area (Å²) < 4.78 is 0. The van der Waals surface area contributed by atoms with Crippen molar-refractivity contribution in [1.29, 1.82) is 0 Å². The van der Waals surface area contributed by atoms with E-state index in [0.29, 0.717) is 12.1 Å². The lowest BCUT2D eigenvalue weighted by atomic mass is 10.0. The number of nitrogens with zero attached hydrogens (tertiary/aromatic N) is 2. The Hall–Kier alpha value is -1.71. The summed E-state index contributed by atoms with van der Waals surface area (Å²) >= 11 is 0. The topological polar surface area (TPSA) is 54.9 Å². The highest BCUT2D eigenvalue weighted by Crippen LogP contribution is 2.15. The Labute approximate surface area is 95.8 Å². The van der Waals surface area contributed by atoms with Crippen LogP contribution in [0.25, 0.3) is 0 Å². The maximum absolute atomic E-state index is 11.8. The molecule has 0 aliphatic carbocycles. The van der Waals surface area contributed by atoms with Crippen molar-refractivity contribution < 1.29 is 4.79 Å². The highest BCUT2D eigenvalue weighted by atomic mass is 16.1. The molecule has 86 valence electrons. The summed E-state index contributed by atoms with van der Waals surface area (Å²) in [5, 5.41) is 2.78. The van der Waals surface area contributed by atoms with Crippen molar-refractivity contribution in [2.24, 2.45) is 0 Å². The summed E-state index contributed by atoms with van der Waals surface area (Å²) in [6.07, 6.45) is 3.01. The molecule has 0 saturated heterocycles. The first-order chi connectivity index (χ1) is 7.52. The number of nitrogens with one attached hydrogen (secondary N) is 1. The van der Waals surface area contributed by atoms with Gasteiger partial charge in [-0.2, -0.15) is 0 Å². The average Bonchev–Trinajstić information content (AvgIpc) is 2.25. The standard InChI is InChI=1S/C12H17N3O/c1-8(2)5-14-12(16)10-6-13-7-15-11(10)9(3)4/h6-7,9H,1,5H2,2-4H3,(H,14,16). The van der Waals surface area contributed by atoms with Crippen LogP contribution in [0.15, 0.2) is 24.7 Å². The van der Waals surface area contributed by atoms with E-state index in [0.717, 1.165) is 11.3 Å². The smallest absolute Gasteiger partial charge is 0.254 e. The van der Waals surface area contributed by atoms with Gasteiger partial charge in [0.1, 0.15) is 6.33 Å². The van der Waals surface area contributed by atoms with Crippen LogP contribution in [0.3, 0.4) is 0 Å². The van der Waals surface area contributed by atoms with Crippen molar-refractivity contribution in [3.63, 3.8) is 0 Å². The van der Waals surface area contributed by atoms with E-state index in [2.05, 4.69) is 21.9 Å². The third-order valence-corrected chi connectivity index (χ3v) is 2.09. The fraction of sp³-hybridized carbons (Fsp3) is 0.417. The zero-order valence-electron chi connectivity index (χ0n) is 9.95. The fourth-order valence-electron chi connectivity index (χ4n) is 1.30. The van der Waals surface area contributed by atoms with Crippen molar-refractivity contribution in [3.05, 3.63) is 35.9 Å². The zero-order valence-corrected chi connectivity index (χ0v) is 9.95. The fourth-order valence-corrected chi connectivity index (χ4v) is 1.30. The van der Waals surface area contributed by atoms with Gasteiger partial charge in [0.15, 0.2) is 0 Å². The summed E-state index contributed by atoms with van der Waals surface area (Å²) in [5.74, 6) is 0.0564. The molecular formula is C12H17N3O. The Bertz CT molecular complexity index is 399. The van der Waals surface area contributed by atoms with Crippen LogP contribution in [-0.2, 0) is 0 Å². The van der Waals surface area contributed by atoms with Crippen LogP contribution in [0.5, 0.6) is 0 Å². The average molecular weight is 219 g/mol. The number of hydrogen-bond acceptors (Lipinski definition) is 3. The molecule has 0 aromatic carbocycles. The third kappa shape index (κ3) is 3.15. The number of aromatic nitrogens is 2. The molecule has 0 bridgehead atoms. The van der Waals surface area contributed by atoms with Gasteiger partial charge in [0.2, 0.25) is 0 Å². The van der Waals surface area contributed by atoms with Crippen molar-refractivity contribution in [2.45, 2.75) is 26.7 Å². The van der Waals surface area contributed by atoms with Gasteiger partial charge in [-0.1, -0.05) is 26.0 Å². The molecule has 1 heterocycles. The second-order valence-electron chi connectivity index (χ2n) is 4.12. The van der Waals surface area contributed by atoms with Gasteiger partial charge >= 0.3 is 0 Å². The summed E-state index contributed by atoms with van der Waals surface area (Å²) in [6, 6.07) is 0. The summed E-state index contributed by atoms with van der Waals surface area (Å²) in [4.78, 5) is 19.9. The summed E-state index contributed by atoms with van der Waals surface area (Å²) in [5.41, 5.74) is 2.23. The maximum atomic E-state index is 11.8. The van der Waals surface area contributed by atoms with Crippen molar-refractivity contribution in [3.8, 4) is 0 Å². The van der Waals surface area contributed by atoms with Crippen LogP contribution in [0, 0.1) is 0 Å². The molecule has 0 saturated carbocycles. The predicted molar refractivity (Wildman–Crippen MR) is 63.3 cm³/mol. The summed E-state index contributed by atoms with van der Waals surface area (Å²) in [7, 11) is 0. The van der Waals surface area contributed by atoms with Crippen LogP contribution in [0.2, 0.25) is 0 Å². The molecule has 4 nitrogen and oxygen atoms in total. The number of amides is 1. The molecule has 0 aliphatic rings. The van der Waals surface area contributed by atoms with E-state index >= 15 is 0 Å². The molecule has 0 radical (unpaired) electrons. The first-order valence-electron chi connectivity index (χ1n) is 5.25. The van der Waals surface area contributed by atoms with E-state index in [4.69, 9.17) is 0 Å². The van der Waals surface area contributed by atoms with E-state index in [1.165, 1.54) is 6.33 Å². The second-order valence-corrected chi connectivity index (χ2v) is 4.12. The van der Waals surface area contributed by atoms with Crippen LogP contribution in [0.4, 0.5) is 0 Å². The van der Waals surface area contributed by atoms with Crippen LogP contribution >= 0.6 is 0 Å². The first-order valence-corrected chi connectivity index (χ1v) is 5.25. The molecular weight excluding hydrogens is 202 g/mol.